The van der Waals surface area contributed by atoms with Gasteiger partial charge in [-0.05, 0) is 62.8 Å². The van der Waals surface area contributed by atoms with Gasteiger partial charge in [0.15, 0.2) is 5.96 Å². The maximum Gasteiger partial charge on any atom is 0.326 e. The third kappa shape index (κ3) is 12.8. The minimum absolute atomic E-state index is 0.0631. The van der Waals surface area contributed by atoms with E-state index in [1.165, 1.54) is 24.7 Å². The van der Waals surface area contributed by atoms with Crippen molar-refractivity contribution in [1.29, 1.82) is 0 Å². The van der Waals surface area contributed by atoms with Gasteiger partial charge in [-0.25, -0.2) is 9.78 Å². The van der Waals surface area contributed by atoms with Crippen molar-refractivity contribution in [3.05, 3.63) is 48.0 Å². The van der Waals surface area contributed by atoms with Gasteiger partial charge in [-0.15, -0.1) is 0 Å². The number of aliphatic imine (C=N–C) groups is 1. The highest BCUT2D eigenvalue weighted by Crippen LogP contribution is 2.12. The molecule has 0 saturated heterocycles. The van der Waals surface area contributed by atoms with Crippen molar-refractivity contribution in [2.75, 3.05) is 13.1 Å². The van der Waals surface area contributed by atoms with Gasteiger partial charge in [0, 0.05) is 24.9 Å². The summed E-state index contributed by atoms with van der Waals surface area (Å²) < 4.78 is 0. The summed E-state index contributed by atoms with van der Waals surface area (Å²) in [7, 11) is 0. The van der Waals surface area contributed by atoms with Gasteiger partial charge in [-0.1, -0.05) is 12.1 Å². The number of carbonyl (C=O) groups excluding carboxylic acids is 3. The zero-order chi connectivity index (χ0) is 31.8. The zero-order valence-corrected chi connectivity index (χ0v) is 23.9. The van der Waals surface area contributed by atoms with E-state index < -0.39 is 47.9 Å². The van der Waals surface area contributed by atoms with Crippen molar-refractivity contribution in [2.24, 2.45) is 27.9 Å². The van der Waals surface area contributed by atoms with Crippen molar-refractivity contribution < 1.29 is 29.4 Å². The zero-order valence-electron chi connectivity index (χ0n) is 23.9. The fourth-order valence-corrected chi connectivity index (χ4v) is 4.15. The van der Waals surface area contributed by atoms with Crippen LogP contribution in [0, 0.1) is 0 Å². The van der Waals surface area contributed by atoms with Crippen molar-refractivity contribution in [3.8, 4) is 5.75 Å². The smallest absolute Gasteiger partial charge is 0.326 e. The molecule has 0 fully saturated rings. The Labute approximate surface area is 249 Å². The minimum Gasteiger partial charge on any atom is -0.508 e. The second-order valence-corrected chi connectivity index (χ2v) is 10.0. The molecule has 2 rings (SSSR count). The van der Waals surface area contributed by atoms with E-state index in [0.29, 0.717) is 30.6 Å². The summed E-state index contributed by atoms with van der Waals surface area (Å²) in [5.41, 5.74) is 23.7. The summed E-state index contributed by atoms with van der Waals surface area (Å²) in [5, 5.41) is 26.9. The molecule has 16 nitrogen and oxygen atoms in total. The molecule has 0 bridgehead atoms. The minimum atomic E-state index is -1.30. The highest BCUT2D eigenvalue weighted by atomic mass is 16.4. The summed E-state index contributed by atoms with van der Waals surface area (Å²) in [6.07, 6.45) is 4.62. The van der Waals surface area contributed by atoms with Gasteiger partial charge < -0.3 is 54.1 Å². The number of aromatic nitrogens is 2. The number of amides is 3. The number of carboxylic acid groups (broad SMARTS) is 1. The number of phenolic OH excluding ortho intramolecular Hbond substituents is 1. The van der Waals surface area contributed by atoms with E-state index in [1.54, 1.807) is 12.1 Å². The van der Waals surface area contributed by atoms with Crippen LogP contribution in [0.25, 0.3) is 0 Å². The molecule has 0 aliphatic heterocycles. The predicted molar refractivity (Wildman–Crippen MR) is 158 cm³/mol. The number of phenols is 1. The number of imidazole rings is 1. The summed E-state index contributed by atoms with van der Waals surface area (Å²) in [5.74, 6) is -3.30. The number of rotatable bonds is 19. The van der Waals surface area contributed by atoms with E-state index in [0.717, 1.165) is 0 Å². The number of carboxylic acids is 1. The number of benzene rings is 1. The lowest BCUT2D eigenvalue weighted by molar-refractivity contribution is -0.142. The maximum absolute atomic E-state index is 13.4. The molecule has 1 aromatic carbocycles. The normalized spacial score (nSPS) is 13.6. The van der Waals surface area contributed by atoms with Crippen molar-refractivity contribution >= 4 is 29.7 Å². The first kappa shape index (κ1) is 34.5. The molecule has 0 radical (unpaired) electrons. The SMILES string of the molecule is NCCCCC(NC(=O)C(N)Cc1ccc(O)cc1)C(=O)NC(CCCN=C(N)N)C(=O)NC(Cc1cnc[nH]1)C(=O)O. The highest BCUT2D eigenvalue weighted by Gasteiger charge is 2.30. The van der Waals surface area contributed by atoms with Gasteiger partial charge >= 0.3 is 5.97 Å². The first-order valence-electron chi connectivity index (χ1n) is 13.9. The number of unbranched alkanes of at least 4 members (excludes halogenated alkanes) is 1. The number of aromatic hydroxyl groups is 1. The van der Waals surface area contributed by atoms with E-state index in [4.69, 9.17) is 22.9 Å². The Kier molecular flexibility index (Phi) is 14.4. The van der Waals surface area contributed by atoms with Gasteiger partial charge in [0.05, 0.1) is 12.4 Å². The monoisotopic (exact) mass is 602 g/mol. The van der Waals surface area contributed by atoms with Crippen molar-refractivity contribution in [3.63, 3.8) is 0 Å². The quantitative estimate of drug-likeness (QED) is 0.0474. The van der Waals surface area contributed by atoms with E-state index >= 15 is 0 Å². The molecule has 2 aromatic rings. The molecule has 43 heavy (non-hydrogen) atoms. The Morgan fingerprint density at radius 2 is 1.49 bits per heavy atom. The van der Waals surface area contributed by atoms with Gasteiger partial charge in [0.1, 0.15) is 23.9 Å². The van der Waals surface area contributed by atoms with Crippen LogP contribution in [0.5, 0.6) is 5.75 Å². The van der Waals surface area contributed by atoms with Crippen LogP contribution in [-0.4, -0.2) is 87.1 Å². The Morgan fingerprint density at radius 3 is 2.05 bits per heavy atom. The summed E-state index contributed by atoms with van der Waals surface area (Å²) in [4.78, 5) is 62.0. The number of nitrogens with two attached hydrogens (primary N) is 4. The first-order valence-corrected chi connectivity index (χ1v) is 13.9. The lowest BCUT2D eigenvalue weighted by Gasteiger charge is -2.25. The van der Waals surface area contributed by atoms with Crippen LogP contribution in [0.15, 0.2) is 41.8 Å². The van der Waals surface area contributed by atoms with Gasteiger partial charge in [-0.3, -0.25) is 19.4 Å². The Bertz CT molecular complexity index is 1200. The highest BCUT2D eigenvalue weighted by molar-refractivity contribution is 5.94. The number of carbonyl (C=O) groups is 4. The third-order valence-electron chi connectivity index (χ3n) is 6.48. The van der Waals surface area contributed by atoms with E-state index in [-0.39, 0.29) is 50.4 Å². The van der Waals surface area contributed by atoms with Crippen LogP contribution in [0.3, 0.4) is 0 Å². The van der Waals surface area contributed by atoms with Crippen LogP contribution in [0.2, 0.25) is 0 Å². The van der Waals surface area contributed by atoms with Crippen molar-refractivity contribution in [1.82, 2.24) is 25.9 Å². The number of hydrogen-bond donors (Lipinski definition) is 10. The molecule has 0 aliphatic carbocycles. The largest absolute Gasteiger partial charge is 0.508 e. The average Bonchev–Trinajstić information content (AvgIpc) is 3.47. The number of H-pyrrole nitrogens is 1. The first-order chi connectivity index (χ1) is 20.5. The van der Waals surface area contributed by atoms with Crippen molar-refractivity contribution in [2.45, 2.75) is 69.1 Å². The third-order valence-corrected chi connectivity index (χ3v) is 6.48. The number of aliphatic carboxylic acids is 1. The molecule has 1 aromatic heterocycles. The second kappa shape index (κ2) is 18.0. The molecular weight excluding hydrogens is 560 g/mol. The van der Waals surface area contributed by atoms with Gasteiger partial charge in [0.2, 0.25) is 17.7 Å². The summed E-state index contributed by atoms with van der Waals surface area (Å²) in [6.45, 7) is 0.548. The number of nitrogens with zero attached hydrogens (tertiary/aromatic N) is 2. The standard InChI is InChI=1S/C27H42N10O6/c28-10-2-1-4-20(35-23(39)19(29)12-16-6-8-18(38)9-7-16)24(40)36-21(5-3-11-33-27(30)31)25(41)37-22(26(42)43)13-17-14-32-15-34-17/h6-9,14-15,19-22,38H,1-5,10-13,28-29H2,(H,32,34)(H,35,39)(H,36,40)(H,37,41)(H,42,43)(H4,30,31,33). The molecular formula is C27H42N10O6. The van der Waals surface area contributed by atoms with E-state index in [9.17, 15) is 29.4 Å². The summed E-state index contributed by atoms with van der Waals surface area (Å²) >= 11 is 0. The molecule has 16 heteroatoms. The number of hydrogen-bond acceptors (Lipinski definition) is 9. The Morgan fingerprint density at radius 1 is 0.884 bits per heavy atom. The lowest BCUT2D eigenvalue weighted by Crippen LogP contribution is -2.57. The van der Waals surface area contributed by atoms with Crippen LogP contribution >= 0.6 is 0 Å². The molecule has 4 atom stereocenters. The Hall–Kier alpha value is -4.70. The fraction of sp³-hybridized carbons (Fsp3) is 0.481. The lowest BCUT2D eigenvalue weighted by atomic mass is 10.0. The summed E-state index contributed by atoms with van der Waals surface area (Å²) in [6, 6.07) is 1.72. The predicted octanol–water partition coefficient (Wildman–Crippen LogP) is -2.05. The Balaban J connectivity index is 2.16. The number of nitrogens with one attached hydrogen (secondary N) is 4. The molecule has 236 valence electrons. The molecule has 1 heterocycles. The topological polar surface area (TPSA) is 290 Å². The fourth-order valence-electron chi connectivity index (χ4n) is 4.15. The van der Waals surface area contributed by atoms with Gasteiger partial charge in [-0.2, -0.15) is 0 Å². The maximum atomic E-state index is 13.4. The van der Waals surface area contributed by atoms with Crippen LogP contribution in [-0.2, 0) is 32.0 Å². The second-order valence-electron chi connectivity index (χ2n) is 10.0. The molecule has 4 unspecified atom stereocenters. The number of guanidine groups is 1. The molecule has 0 aliphatic rings. The van der Waals surface area contributed by atoms with Crippen LogP contribution in [0.1, 0.15) is 43.4 Å². The molecule has 3 amide bonds. The number of aromatic amines is 1. The van der Waals surface area contributed by atoms with Gasteiger partial charge in [0.25, 0.3) is 0 Å². The van der Waals surface area contributed by atoms with E-state index in [1.807, 2.05) is 0 Å². The van der Waals surface area contributed by atoms with E-state index in [2.05, 4.69) is 30.9 Å². The average molecular weight is 603 g/mol. The van der Waals surface area contributed by atoms with Crippen LogP contribution in [0.4, 0.5) is 0 Å². The molecule has 0 saturated carbocycles. The molecule has 0 spiro atoms. The van der Waals surface area contributed by atoms with Crippen LogP contribution < -0.4 is 38.9 Å². The molecule has 14 N–H and O–H groups in total.